The number of nitrogens with one attached hydrogen (secondary N) is 2. The zero-order valence-electron chi connectivity index (χ0n) is 10.9. The first kappa shape index (κ1) is 12.6. The first-order valence-electron chi connectivity index (χ1n) is 6.84. The van der Waals surface area contributed by atoms with E-state index in [0.29, 0.717) is 6.54 Å². The highest BCUT2D eigenvalue weighted by atomic mass is 16.2. The van der Waals surface area contributed by atoms with E-state index in [-0.39, 0.29) is 24.0 Å². The Labute approximate surface area is 113 Å². The summed E-state index contributed by atoms with van der Waals surface area (Å²) in [4.78, 5) is 14.2. The molecule has 19 heavy (non-hydrogen) atoms. The van der Waals surface area contributed by atoms with Crippen molar-refractivity contribution in [1.82, 2.24) is 15.8 Å². The van der Waals surface area contributed by atoms with Gasteiger partial charge in [0.2, 0.25) is 5.91 Å². The fourth-order valence-corrected chi connectivity index (χ4v) is 2.83. The molecule has 3 atom stereocenters. The second-order valence-electron chi connectivity index (χ2n) is 5.37. The molecule has 3 rings (SSSR count). The first-order valence-corrected chi connectivity index (χ1v) is 6.84. The van der Waals surface area contributed by atoms with Gasteiger partial charge in [-0.3, -0.25) is 4.79 Å². The Balaban J connectivity index is 1.61. The average Bonchev–Trinajstić information content (AvgIpc) is 3.08. The van der Waals surface area contributed by atoms with E-state index in [1.54, 1.807) is 0 Å². The molecule has 2 saturated heterocycles. The Morgan fingerprint density at radius 2 is 2.05 bits per heavy atom. The first-order chi connectivity index (χ1) is 9.24. The Hall–Kier alpha value is -1.43. The molecule has 2 aliphatic rings. The van der Waals surface area contributed by atoms with Crippen molar-refractivity contribution in [3.8, 4) is 0 Å². The zero-order valence-corrected chi connectivity index (χ0v) is 10.9. The topological polar surface area (TPSA) is 70.4 Å². The lowest BCUT2D eigenvalue weighted by molar-refractivity contribution is -0.132. The molecule has 0 saturated carbocycles. The summed E-state index contributed by atoms with van der Waals surface area (Å²) in [5.41, 5.74) is 13.4. The minimum Gasteiger partial charge on any atom is -0.340 e. The molecule has 2 aliphatic heterocycles. The number of nitrogens with zero attached hydrogens (tertiary/aromatic N) is 1. The van der Waals surface area contributed by atoms with Crippen LogP contribution in [0, 0.1) is 0 Å². The van der Waals surface area contributed by atoms with Gasteiger partial charge in [0.25, 0.3) is 0 Å². The van der Waals surface area contributed by atoms with Gasteiger partial charge >= 0.3 is 0 Å². The van der Waals surface area contributed by atoms with Crippen LogP contribution in [0.15, 0.2) is 30.3 Å². The van der Waals surface area contributed by atoms with Gasteiger partial charge in [-0.25, -0.2) is 10.9 Å². The van der Waals surface area contributed by atoms with Crippen LogP contribution in [0.2, 0.25) is 0 Å². The number of amides is 1. The van der Waals surface area contributed by atoms with E-state index < -0.39 is 0 Å². The van der Waals surface area contributed by atoms with Gasteiger partial charge in [0.15, 0.2) is 0 Å². The molecule has 1 aromatic rings. The van der Waals surface area contributed by atoms with Crippen LogP contribution in [0.5, 0.6) is 0 Å². The molecule has 0 radical (unpaired) electrons. The smallest absolute Gasteiger partial charge is 0.241 e. The van der Waals surface area contributed by atoms with Gasteiger partial charge in [0.1, 0.15) is 6.04 Å². The van der Waals surface area contributed by atoms with Crippen molar-refractivity contribution in [1.29, 1.82) is 0 Å². The Bertz CT molecular complexity index is 450. The van der Waals surface area contributed by atoms with Gasteiger partial charge in [-0.15, -0.1) is 0 Å². The van der Waals surface area contributed by atoms with Gasteiger partial charge in [-0.1, -0.05) is 30.3 Å². The molecule has 5 heteroatoms. The van der Waals surface area contributed by atoms with E-state index in [0.717, 1.165) is 19.4 Å². The van der Waals surface area contributed by atoms with Crippen LogP contribution in [-0.2, 0) is 4.79 Å². The van der Waals surface area contributed by atoms with Crippen LogP contribution in [-0.4, -0.2) is 36.0 Å². The number of carbonyl (C=O) groups is 1. The monoisotopic (exact) mass is 260 g/mol. The van der Waals surface area contributed by atoms with Gasteiger partial charge in [0, 0.05) is 25.2 Å². The fourth-order valence-electron chi connectivity index (χ4n) is 2.83. The maximum absolute atomic E-state index is 12.3. The number of nitrogens with two attached hydrogens (primary N) is 1. The molecule has 2 fully saturated rings. The van der Waals surface area contributed by atoms with Crippen molar-refractivity contribution in [2.24, 2.45) is 5.73 Å². The third kappa shape index (κ3) is 2.63. The minimum absolute atomic E-state index is 0.142. The van der Waals surface area contributed by atoms with Gasteiger partial charge < -0.3 is 10.6 Å². The third-order valence-corrected chi connectivity index (χ3v) is 3.94. The van der Waals surface area contributed by atoms with Gasteiger partial charge in [-0.2, -0.15) is 0 Å². The standard InChI is InChI=1S/C14H20N4O/c15-11-6-7-18(9-11)14(19)13-8-12(16-17-13)10-4-2-1-3-5-10/h1-5,11-13,16-17H,6-9,15H2/t11-,12?,13?/m1/s1. The highest BCUT2D eigenvalue weighted by Crippen LogP contribution is 2.23. The van der Waals surface area contributed by atoms with Crippen LogP contribution in [0.4, 0.5) is 0 Å². The zero-order chi connectivity index (χ0) is 13.2. The predicted octanol–water partition coefficient (Wildman–Crippen LogP) is 0.154. The third-order valence-electron chi connectivity index (χ3n) is 3.94. The highest BCUT2D eigenvalue weighted by Gasteiger charge is 2.34. The van der Waals surface area contributed by atoms with Gasteiger partial charge in [-0.05, 0) is 18.4 Å². The molecule has 0 bridgehead atoms. The number of hydrazine groups is 1. The molecule has 2 unspecified atom stereocenters. The van der Waals surface area contributed by atoms with Crippen molar-refractivity contribution < 1.29 is 4.79 Å². The van der Waals surface area contributed by atoms with E-state index >= 15 is 0 Å². The summed E-state index contributed by atoms with van der Waals surface area (Å²) >= 11 is 0. The van der Waals surface area contributed by atoms with E-state index in [9.17, 15) is 4.79 Å². The van der Waals surface area contributed by atoms with E-state index in [1.165, 1.54) is 5.56 Å². The maximum Gasteiger partial charge on any atom is 0.241 e. The molecule has 0 aliphatic carbocycles. The highest BCUT2D eigenvalue weighted by molar-refractivity contribution is 5.82. The number of hydrogen-bond acceptors (Lipinski definition) is 4. The van der Waals surface area contributed by atoms with Crippen molar-refractivity contribution in [3.63, 3.8) is 0 Å². The number of carbonyl (C=O) groups excluding carboxylic acids is 1. The van der Waals surface area contributed by atoms with E-state index in [4.69, 9.17) is 5.73 Å². The summed E-state index contributed by atoms with van der Waals surface area (Å²) in [6, 6.07) is 10.4. The lowest BCUT2D eigenvalue weighted by atomic mass is 10.0. The molecule has 4 N–H and O–H groups in total. The van der Waals surface area contributed by atoms with Gasteiger partial charge in [0.05, 0.1) is 0 Å². The molecule has 5 nitrogen and oxygen atoms in total. The summed E-state index contributed by atoms with van der Waals surface area (Å²) in [6.45, 7) is 1.47. The summed E-state index contributed by atoms with van der Waals surface area (Å²) < 4.78 is 0. The summed E-state index contributed by atoms with van der Waals surface area (Å²) in [6.07, 6.45) is 1.70. The van der Waals surface area contributed by atoms with Crippen LogP contribution in [0.3, 0.4) is 0 Å². The molecule has 0 spiro atoms. The Morgan fingerprint density at radius 1 is 1.26 bits per heavy atom. The van der Waals surface area contributed by atoms with Crippen molar-refractivity contribution >= 4 is 5.91 Å². The molecule has 0 aromatic heterocycles. The number of hydrogen-bond donors (Lipinski definition) is 3. The number of benzene rings is 1. The fraction of sp³-hybridized carbons (Fsp3) is 0.500. The quantitative estimate of drug-likeness (QED) is 0.708. The average molecular weight is 260 g/mol. The summed E-state index contributed by atoms with van der Waals surface area (Å²) in [7, 11) is 0. The summed E-state index contributed by atoms with van der Waals surface area (Å²) in [5, 5.41) is 0. The van der Waals surface area contributed by atoms with Crippen LogP contribution >= 0.6 is 0 Å². The van der Waals surface area contributed by atoms with E-state index in [2.05, 4.69) is 23.0 Å². The SMILES string of the molecule is N[C@@H]1CCN(C(=O)C2CC(c3ccccc3)NN2)C1. The molecule has 1 amide bonds. The summed E-state index contributed by atoms with van der Waals surface area (Å²) in [5.74, 6) is 0.166. The minimum atomic E-state index is -0.143. The van der Waals surface area contributed by atoms with Crippen molar-refractivity contribution in [2.75, 3.05) is 13.1 Å². The lowest BCUT2D eigenvalue weighted by Crippen LogP contribution is -2.45. The van der Waals surface area contributed by atoms with Crippen LogP contribution in [0.25, 0.3) is 0 Å². The van der Waals surface area contributed by atoms with Crippen LogP contribution < -0.4 is 16.6 Å². The molecule has 102 valence electrons. The second-order valence-corrected chi connectivity index (χ2v) is 5.37. The predicted molar refractivity (Wildman–Crippen MR) is 73.0 cm³/mol. The number of rotatable bonds is 2. The maximum atomic E-state index is 12.3. The second kappa shape index (κ2) is 5.28. The number of likely N-dealkylation sites (tertiary alicyclic amines) is 1. The van der Waals surface area contributed by atoms with Crippen molar-refractivity contribution in [3.05, 3.63) is 35.9 Å². The molecular weight excluding hydrogens is 240 g/mol. The van der Waals surface area contributed by atoms with Crippen molar-refractivity contribution in [2.45, 2.75) is 31.0 Å². The molecule has 1 aromatic carbocycles. The molecular formula is C14H20N4O. The Morgan fingerprint density at radius 3 is 2.74 bits per heavy atom. The lowest BCUT2D eigenvalue weighted by Gasteiger charge is -2.19. The Kier molecular flexibility index (Phi) is 3.50. The largest absolute Gasteiger partial charge is 0.340 e. The normalized spacial score (nSPS) is 30.8. The van der Waals surface area contributed by atoms with E-state index in [1.807, 2.05) is 23.1 Å². The molecule has 2 heterocycles. The van der Waals surface area contributed by atoms with Crippen LogP contribution in [0.1, 0.15) is 24.4 Å².